The molecule has 120 valence electrons. The molecule has 3 aromatic carbocycles. The van der Waals surface area contributed by atoms with E-state index in [1.54, 1.807) is 24.4 Å². The van der Waals surface area contributed by atoms with Gasteiger partial charge in [-0.05, 0) is 47.3 Å². The fourth-order valence-electron chi connectivity index (χ4n) is 2.30. The Morgan fingerprint density at radius 2 is 1.92 bits per heavy atom. The van der Waals surface area contributed by atoms with Crippen molar-refractivity contribution in [2.24, 2.45) is 5.10 Å². The molecule has 0 amide bonds. The smallest absolute Gasteiger partial charge is 0.191 e. The molecule has 0 aliphatic heterocycles. The van der Waals surface area contributed by atoms with Crippen LogP contribution in [0.3, 0.4) is 0 Å². The minimum Gasteiger partial charge on any atom is -0.507 e. The van der Waals surface area contributed by atoms with E-state index >= 15 is 0 Å². The van der Waals surface area contributed by atoms with Gasteiger partial charge in [-0.3, -0.25) is 5.43 Å². The van der Waals surface area contributed by atoms with Gasteiger partial charge in [-0.1, -0.05) is 48.0 Å². The zero-order valence-corrected chi connectivity index (χ0v) is 14.1. The number of nitrogens with zero attached hydrogens (tertiary/aromatic N) is 1. The number of hydrogen-bond donors (Lipinski definition) is 3. The number of benzene rings is 3. The number of phenolic OH excluding ortho intramolecular Hbond substituents is 1. The van der Waals surface area contributed by atoms with Crippen molar-refractivity contribution in [3.63, 3.8) is 0 Å². The van der Waals surface area contributed by atoms with Crippen molar-refractivity contribution in [3.05, 3.63) is 71.2 Å². The molecule has 0 spiro atoms. The van der Waals surface area contributed by atoms with Crippen LogP contribution in [0.15, 0.2) is 65.8 Å². The van der Waals surface area contributed by atoms with Crippen molar-refractivity contribution in [2.45, 2.75) is 0 Å². The molecule has 0 atom stereocenters. The lowest BCUT2D eigenvalue weighted by molar-refractivity contribution is 0.475. The maximum atomic E-state index is 10.1. The van der Waals surface area contributed by atoms with Gasteiger partial charge in [0.15, 0.2) is 5.11 Å². The summed E-state index contributed by atoms with van der Waals surface area (Å²) < 4.78 is 0. The van der Waals surface area contributed by atoms with Gasteiger partial charge in [0.25, 0.3) is 0 Å². The number of phenols is 1. The largest absolute Gasteiger partial charge is 0.507 e. The molecule has 3 rings (SSSR count). The SMILES string of the molecule is Oc1ccc2ccccc2c1/C=N\NC(=S)Nc1cccc(Cl)c1. The maximum Gasteiger partial charge on any atom is 0.191 e. The van der Waals surface area contributed by atoms with Crippen LogP contribution in [0, 0.1) is 0 Å². The molecule has 0 fully saturated rings. The highest BCUT2D eigenvalue weighted by Gasteiger charge is 2.04. The van der Waals surface area contributed by atoms with Crippen molar-refractivity contribution >= 4 is 51.6 Å². The quantitative estimate of drug-likeness (QED) is 0.367. The number of thiocarbonyl (C=S) groups is 1. The van der Waals surface area contributed by atoms with Gasteiger partial charge in [0.2, 0.25) is 0 Å². The highest BCUT2D eigenvalue weighted by molar-refractivity contribution is 7.80. The summed E-state index contributed by atoms with van der Waals surface area (Å²) in [4.78, 5) is 0. The van der Waals surface area contributed by atoms with E-state index < -0.39 is 0 Å². The zero-order chi connectivity index (χ0) is 16.9. The summed E-state index contributed by atoms with van der Waals surface area (Å²) >= 11 is 11.1. The molecule has 24 heavy (non-hydrogen) atoms. The molecule has 4 nitrogen and oxygen atoms in total. The van der Waals surface area contributed by atoms with Crippen LogP contribution in [-0.2, 0) is 0 Å². The van der Waals surface area contributed by atoms with E-state index in [0.717, 1.165) is 16.5 Å². The summed E-state index contributed by atoms with van der Waals surface area (Å²) in [5.74, 6) is 0.160. The first-order valence-electron chi connectivity index (χ1n) is 7.20. The van der Waals surface area contributed by atoms with Crippen LogP contribution in [0.1, 0.15) is 5.56 Å². The first-order chi connectivity index (χ1) is 11.6. The minimum absolute atomic E-state index is 0.160. The van der Waals surface area contributed by atoms with Crippen LogP contribution in [0.5, 0.6) is 5.75 Å². The Kier molecular flexibility index (Phi) is 4.93. The van der Waals surface area contributed by atoms with E-state index in [0.29, 0.717) is 15.7 Å². The van der Waals surface area contributed by atoms with Gasteiger partial charge < -0.3 is 10.4 Å². The number of halogens is 1. The highest BCUT2D eigenvalue weighted by Crippen LogP contribution is 2.25. The second-order valence-corrected chi connectivity index (χ2v) is 5.90. The Bertz CT molecular complexity index is 927. The number of aromatic hydroxyl groups is 1. The molecule has 0 aliphatic carbocycles. The molecule has 0 saturated carbocycles. The maximum absolute atomic E-state index is 10.1. The minimum atomic E-state index is 0.160. The lowest BCUT2D eigenvalue weighted by atomic mass is 10.0. The van der Waals surface area contributed by atoms with Crippen molar-refractivity contribution in [1.82, 2.24) is 5.43 Å². The summed E-state index contributed by atoms with van der Waals surface area (Å²) in [6.07, 6.45) is 1.55. The van der Waals surface area contributed by atoms with Crippen LogP contribution in [0.2, 0.25) is 5.02 Å². The Hall–Kier alpha value is -2.63. The number of hydrogen-bond acceptors (Lipinski definition) is 3. The molecule has 0 aliphatic rings. The van der Waals surface area contributed by atoms with Gasteiger partial charge in [0.1, 0.15) is 5.75 Å². The van der Waals surface area contributed by atoms with Gasteiger partial charge >= 0.3 is 0 Å². The van der Waals surface area contributed by atoms with Crippen LogP contribution in [0.25, 0.3) is 10.8 Å². The Morgan fingerprint density at radius 3 is 2.75 bits per heavy atom. The van der Waals surface area contributed by atoms with E-state index in [1.165, 1.54) is 0 Å². The fraction of sp³-hybridized carbons (Fsp3) is 0. The summed E-state index contributed by atoms with van der Waals surface area (Å²) in [6.45, 7) is 0. The third-order valence-electron chi connectivity index (χ3n) is 3.39. The average Bonchev–Trinajstić information content (AvgIpc) is 2.57. The van der Waals surface area contributed by atoms with Crippen molar-refractivity contribution in [1.29, 1.82) is 0 Å². The predicted octanol–water partition coefficient (Wildman–Crippen LogP) is 4.52. The Morgan fingerprint density at radius 1 is 1.08 bits per heavy atom. The molecule has 3 N–H and O–H groups in total. The molecule has 6 heteroatoms. The summed E-state index contributed by atoms with van der Waals surface area (Å²) in [7, 11) is 0. The summed E-state index contributed by atoms with van der Waals surface area (Å²) in [5.41, 5.74) is 4.12. The fourth-order valence-corrected chi connectivity index (χ4v) is 2.66. The third kappa shape index (κ3) is 3.82. The van der Waals surface area contributed by atoms with Gasteiger partial charge in [0.05, 0.1) is 6.21 Å². The average molecular weight is 356 g/mol. The van der Waals surface area contributed by atoms with E-state index in [-0.39, 0.29) is 5.75 Å². The summed E-state index contributed by atoms with van der Waals surface area (Å²) in [5, 5.41) is 20.0. The molecule has 0 unspecified atom stereocenters. The normalized spacial score (nSPS) is 10.9. The zero-order valence-electron chi connectivity index (χ0n) is 12.5. The Labute approximate surface area is 149 Å². The van der Waals surface area contributed by atoms with Crippen LogP contribution < -0.4 is 10.7 Å². The van der Waals surface area contributed by atoms with E-state index in [2.05, 4.69) is 15.8 Å². The summed E-state index contributed by atoms with van der Waals surface area (Å²) in [6, 6.07) is 18.5. The number of nitrogens with one attached hydrogen (secondary N) is 2. The molecular formula is C18H14ClN3OS. The molecule has 0 saturated heterocycles. The number of fused-ring (bicyclic) bond motifs is 1. The first-order valence-corrected chi connectivity index (χ1v) is 7.98. The lowest BCUT2D eigenvalue weighted by Crippen LogP contribution is -2.23. The number of hydrazone groups is 1. The number of anilines is 1. The second kappa shape index (κ2) is 7.29. The van der Waals surface area contributed by atoms with E-state index in [9.17, 15) is 5.11 Å². The number of rotatable bonds is 3. The Balaban J connectivity index is 1.72. The van der Waals surface area contributed by atoms with Crippen molar-refractivity contribution in [2.75, 3.05) is 5.32 Å². The lowest BCUT2D eigenvalue weighted by Gasteiger charge is -2.08. The first kappa shape index (κ1) is 16.2. The monoisotopic (exact) mass is 355 g/mol. The van der Waals surface area contributed by atoms with E-state index in [1.807, 2.05) is 42.5 Å². The molecule has 0 radical (unpaired) electrons. The molecule has 0 bridgehead atoms. The van der Waals surface area contributed by atoms with Gasteiger partial charge in [0, 0.05) is 16.3 Å². The molecular weight excluding hydrogens is 342 g/mol. The van der Waals surface area contributed by atoms with E-state index in [4.69, 9.17) is 23.8 Å². The second-order valence-electron chi connectivity index (χ2n) is 5.05. The molecule has 0 aromatic heterocycles. The van der Waals surface area contributed by atoms with Gasteiger partial charge in [-0.15, -0.1) is 0 Å². The molecule has 0 heterocycles. The van der Waals surface area contributed by atoms with Crippen LogP contribution in [-0.4, -0.2) is 16.4 Å². The van der Waals surface area contributed by atoms with Crippen LogP contribution >= 0.6 is 23.8 Å². The highest BCUT2D eigenvalue weighted by atomic mass is 35.5. The van der Waals surface area contributed by atoms with Crippen molar-refractivity contribution in [3.8, 4) is 5.75 Å². The van der Waals surface area contributed by atoms with Gasteiger partial charge in [-0.2, -0.15) is 5.10 Å². The van der Waals surface area contributed by atoms with Crippen molar-refractivity contribution < 1.29 is 5.11 Å². The predicted molar refractivity (Wildman–Crippen MR) is 104 cm³/mol. The molecule has 3 aromatic rings. The van der Waals surface area contributed by atoms with Gasteiger partial charge in [-0.25, -0.2) is 0 Å². The topological polar surface area (TPSA) is 56.7 Å². The standard InChI is InChI=1S/C18H14ClN3OS/c19-13-5-3-6-14(10-13)21-18(24)22-20-11-16-15-7-2-1-4-12(15)8-9-17(16)23/h1-11,23H,(H2,21,22,24)/b20-11-. The van der Waals surface area contributed by atoms with Crippen LogP contribution in [0.4, 0.5) is 5.69 Å². The third-order valence-corrected chi connectivity index (χ3v) is 3.82.